The van der Waals surface area contributed by atoms with Gasteiger partial charge in [0.1, 0.15) is 0 Å². The van der Waals surface area contributed by atoms with Crippen LogP contribution in [-0.4, -0.2) is 26.0 Å². The summed E-state index contributed by atoms with van der Waals surface area (Å²) < 4.78 is 0. The van der Waals surface area contributed by atoms with Gasteiger partial charge in [0, 0.05) is 7.05 Å². The van der Waals surface area contributed by atoms with E-state index in [9.17, 15) is 4.79 Å². The van der Waals surface area contributed by atoms with Crippen molar-refractivity contribution in [1.29, 1.82) is 0 Å². The second-order valence-electron chi connectivity index (χ2n) is 4.44. The van der Waals surface area contributed by atoms with E-state index in [4.69, 9.17) is 0 Å². The Kier molecular flexibility index (Phi) is 4.94. The van der Waals surface area contributed by atoms with E-state index in [1.54, 1.807) is 7.05 Å². The molecule has 0 aromatic heterocycles. The number of hydrogen-bond donors (Lipinski definition) is 2. The van der Waals surface area contributed by atoms with E-state index in [0.29, 0.717) is 6.54 Å². The van der Waals surface area contributed by atoms with Crippen LogP contribution < -0.4 is 10.6 Å². The number of amides is 1. The number of carbonyl (C=O) groups excluding carboxylic acids is 1. The van der Waals surface area contributed by atoms with Gasteiger partial charge in [0.05, 0.1) is 6.54 Å². The van der Waals surface area contributed by atoms with Gasteiger partial charge < -0.3 is 10.6 Å². The summed E-state index contributed by atoms with van der Waals surface area (Å²) in [5.41, 5.74) is 0. The lowest BCUT2D eigenvalue weighted by atomic mass is 9.82. The highest BCUT2D eigenvalue weighted by molar-refractivity contribution is 5.77. The monoisotopic (exact) mass is 198 g/mol. The lowest BCUT2D eigenvalue weighted by molar-refractivity contribution is -0.119. The molecule has 14 heavy (non-hydrogen) atoms. The number of carbonyl (C=O) groups is 1. The first-order valence-corrected chi connectivity index (χ1v) is 5.63. The van der Waals surface area contributed by atoms with Crippen LogP contribution in [0.4, 0.5) is 0 Å². The Morgan fingerprint density at radius 2 is 2.21 bits per heavy atom. The molecule has 0 aliphatic heterocycles. The minimum Gasteiger partial charge on any atom is -0.358 e. The molecular weight excluding hydrogens is 176 g/mol. The maximum atomic E-state index is 10.9. The Balaban J connectivity index is 2.08. The fourth-order valence-corrected chi connectivity index (χ4v) is 2.22. The Morgan fingerprint density at radius 3 is 2.86 bits per heavy atom. The Labute approximate surface area is 86.6 Å². The van der Waals surface area contributed by atoms with E-state index in [2.05, 4.69) is 17.6 Å². The van der Waals surface area contributed by atoms with Crippen molar-refractivity contribution >= 4 is 5.91 Å². The van der Waals surface area contributed by atoms with E-state index in [0.717, 1.165) is 18.4 Å². The van der Waals surface area contributed by atoms with Crippen LogP contribution in [0.15, 0.2) is 0 Å². The van der Waals surface area contributed by atoms with Gasteiger partial charge in [0.15, 0.2) is 0 Å². The zero-order valence-electron chi connectivity index (χ0n) is 9.31. The number of nitrogens with one attached hydrogen (secondary N) is 2. The van der Waals surface area contributed by atoms with Crippen molar-refractivity contribution in [2.75, 3.05) is 20.1 Å². The maximum absolute atomic E-state index is 10.9. The summed E-state index contributed by atoms with van der Waals surface area (Å²) in [4.78, 5) is 10.9. The van der Waals surface area contributed by atoms with E-state index < -0.39 is 0 Å². The molecule has 0 heterocycles. The Hall–Kier alpha value is -0.570. The van der Waals surface area contributed by atoms with Gasteiger partial charge in [-0.3, -0.25) is 4.79 Å². The second-order valence-corrected chi connectivity index (χ2v) is 4.44. The third kappa shape index (κ3) is 4.09. The van der Waals surface area contributed by atoms with Crippen LogP contribution in [0.2, 0.25) is 0 Å². The lowest BCUT2D eigenvalue weighted by Crippen LogP contribution is -2.35. The van der Waals surface area contributed by atoms with Crippen molar-refractivity contribution < 1.29 is 4.79 Å². The smallest absolute Gasteiger partial charge is 0.233 e. The molecule has 1 saturated carbocycles. The number of hydrogen-bond acceptors (Lipinski definition) is 2. The van der Waals surface area contributed by atoms with Crippen LogP contribution in [0.1, 0.15) is 32.6 Å². The quantitative estimate of drug-likeness (QED) is 0.711. The molecule has 2 N–H and O–H groups in total. The molecule has 3 heteroatoms. The van der Waals surface area contributed by atoms with Crippen LogP contribution in [0.25, 0.3) is 0 Å². The summed E-state index contributed by atoms with van der Waals surface area (Å²) in [7, 11) is 1.67. The average Bonchev–Trinajstić information content (AvgIpc) is 2.17. The van der Waals surface area contributed by atoms with Crippen LogP contribution in [-0.2, 0) is 4.79 Å². The summed E-state index contributed by atoms with van der Waals surface area (Å²) >= 11 is 0. The van der Waals surface area contributed by atoms with Gasteiger partial charge in [-0.05, 0) is 31.2 Å². The normalized spacial score (nSPS) is 27.3. The summed E-state index contributed by atoms with van der Waals surface area (Å²) in [5.74, 6) is 1.73. The van der Waals surface area contributed by atoms with Crippen LogP contribution in [0, 0.1) is 11.8 Å². The highest BCUT2D eigenvalue weighted by Gasteiger charge is 2.18. The minimum atomic E-state index is 0.0776. The summed E-state index contributed by atoms with van der Waals surface area (Å²) in [6.45, 7) is 3.78. The third-order valence-electron chi connectivity index (χ3n) is 3.04. The van der Waals surface area contributed by atoms with Crippen molar-refractivity contribution in [2.24, 2.45) is 11.8 Å². The topological polar surface area (TPSA) is 41.1 Å². The molecule has 0 bridgehead atoms. The molecule has 1 aliphatic rings. The fraction of sp³-hybridized carbons (Fsp3) is 0.909. The first kappa shape index (κ1) is 11.5. The largest absolute Gasteiger partial charge is 0.358 e. The standard InChI is InChI=1S/C11H22N2O/c1-9-4-3-5-10(6-9)7-13-8-11(14)12-2/h9-10,13H,3-8H2,1-2H3,(H,12,14). The molecule has 1 fully saturated rings. The predicted octanol–water partition coefficient (Wildman–Crippen LogP) is 1.15. The molecule has 82 valence electrons. The van der Waals surface area contributed by atoms with E-state index in [-0.39, 0.29) is 5.91 Å². The molecular formula is C11H22N2O. The minimum absolute atomic E-state index is 0.0776. The average molecular weight is 198 g/mol. The predicted molar refractivity (Wildman–Crippen MR) is 58.1 cm³/mol. The first-order valence-electron chi connectivity index (χ1n) is 5.63. The molecule has 1 aliphatic carbocycles. The molecule has 0 saturated heterocycles. The highest BCUT2D eigenvalue weighted by atomic mass is 16.1. The van der Waals surface area contributed by atoms with Crippen LogP contribution in [0.5, 0.6) is 0 Å². The van der Waals surface area contributed by atoms with Gasteiger partial charge in [-0.1, -0.05) is 19.8 Å². The van der Waals surface area contributed by atoms with Crippen molar-refractivity contribution in [3.8, 4) is 0 Å². The van der Waals surface area contributed by atoms with E-state index in [1.807, 2.05) is 0 Å². The molecule has 0 radical (unpaired) electrons. The van der Waals surface area contributed by atoms with Crippen LogP contribution in [0.3, 0.4) is 0 Å². The summed E-state index contributed by atoms with van der Waals surface area (Å²) in [6, 6.07) is 0. The van der Waals surface area contributed by atoms with Gasteiger partial charge in [-0.25, -0.2) is 0 Å². The van der Waals surface area contributed by atoms with Crippen molar-refractivity contribution in [3.05, 3.63) is 0 Å². The number of likely N-dealkylation sites (N-methyl/N-ethyl adjacent to an activating group) is 1. The van der Waals surface area contributed by atoms with Gasteiger partial charge >= 0.3 is 0 Å². The number of rotatable bonds is 4. The van der Waals surface area contributed by atoms with Gasteiger partial charge in [-0.15, -0.1) is 0 Å². The third-order valence-corrected chi connectivity index (χ3v) is 3.04. The molecule has 1 amide bonds. The highest BCUT2D eigenvalue weighted by Crippen LogP contribution is 2.27. The zero-order valence-corrected chi connectivity index (χ0v) is 9.31. The molecule has 2 unspecified atom stereocenters. The second kappa shape index (κ2) is 6.02. The molecule has 0 aromatic rings. The first-order chi connectivity index (χ1) is 6.72. The zero-order chi connectivity index (χ0) is 10.4. The molecule has 2 atom stereocenters. The van der Waals surface area contributed by atoms with Crippen molar-refractivity contribution in [2.45, 2.75) is 32.6 Å². The Bertz CT molecular complexity index is 182. The molecule has 0 aromatic carbocycles. The molecule has 1 rings (SSSR count). The lowest BCUT2D eigenvalue weighted by Gasteiger charge is -2.26. The Morgan fingerprint density at radius 1 is 1.43 bits per heavy atom. The van der Waals surface area contributed by atoms with E-state index in [1.165, 1.54) is 25.7 Å². The van der Waals surface area contributed by atoms with Crippen LogP contribution >= 0.6 is 0 Å². The summed E-state index contributed by atoms with van der Waals surface area (Å²) in [5, 5.41) is 5.82. The van der Waals surface area contributed by atoms with Crippen molar-refractivity contribution in [1.82, 2.24) is 10.6 Å². The molecule has 0 spiro atoms. The van der Waals surface area contributed by atoms with E-state index >= 15 is 0 Å². The fourth-order valence-electron chi connectivity index (χ4n) is 2.22. The molecule has 3 nitrogen and oxygen atoms in total. The van der Waals surface area contributed by atoms with Gasteiger partial charge in [0.25, 0.3) is 0 Å². The van der Waals surface area contributed by atoms with Gasteiger partial charge in [0.2, 0.25) is 5.91 Å². The summed E-state index contributed by atoms with van der Waals surface area (Å²) in [6.07, 6.45) is 5.38. The van der Waals surface area contributed by atoms with Crippen molar-refractivity contribution in [3.63, 3.8) is 0 Å². The SMILES string of the molecule is CNC(=O)CNCC1CCCC(C)C1. The van der Waals surface area contributed by atoms with Gasteiger partial charge in [-0.2, -0.15) is 0 Å². The maximum Gasteiger partial charge on any atom is 0.233 e.